The first-order chi connectivity index (χ1) is 17.3. The average Bonchev–Trinajstić information content (AvgIpc) is 3.28. The fraction of sp³-hybridized carbons (Fsp3) is 0.292. The van der Waals surface area contributed by atoms with Gasteiger partial charge in [-0.1, -0.05) is 25.1 Å². The van der Waals surface area contributed by atoms with Crippen molar-refractivity contribution >= 4 is 34.7 Å². The average molecular weight is 495 g/mol. The SMILES string of the molecule is CC[C@H](NC(=O)NNC(=O)[C@H](N)Cc1ccncc1)C(=O)N[C@@H](Cc1c[nH]c2ccccc12)C(N)=O. The van der Waals surface area contributed by atoms with Gasteiger partial charge < -0.3 is 27.1 Å². The van der Waals surface area contributed by atoms with Gasteiger partial charge in [0.05, 0.1) is 6.04 Å². The van der Waals surface area contributed by atoms with E-state index >= 15 is 0 Å². The Hall–Kier alpha value is -4.45. The summed E-state index contributed by atoms with van der Waals surface area (Å²) in [6.45, 7) is 1.69. The smallest absolute Gasteiger partial charge is 0.334 e. The molecule has 2 heterocycles. The van der Waals surface area contributed by atoms with Crippen molar-refractivity contribution in [2.75, 3.05) is 0 Å². The normalized spacial score (nSPS) is 13.3. The van der Waals surface area contributed by atoms with Gasteiger partial charge in [-0.05, 0) is 42.2 Å². The number of nitrogens with one attached hydrogen (secondary N) is 5. The van der Waals surface area contributed by atoms with Gasteiger partial charge in [-0.3, -0.25) is 24.8 Å². The molecule has 0 saturated carbocycles. The monoisotopic (exact) mass is 494 g/mol. The zero-order valence-corrected chi connectivity index (χ0v) is 19.8. The number of hydrazine groups is 1. The number of rotatable bonds is 10. The predicted molar refractivity (Wildman–Crippen MR) is 133 cm³/mol. The highest BCUT2D eigenvalue weighted by Gasteiger charge is 2.26. The van der Waals surface area contributed by atoms with Crippen LogP contribution in [0.25, 0.3) is 10.9 Å². The van der Waals surface area contributed by atoms with E-state index in [9.17, 15) is 19.2 Å². The van der Waals surface area contributed by atoms with E-state index in [0.29, 0.717) is 0 Å². The number of para-hydroxylation sites is 1. The van der Waals surface area contributed by atoms with Gasteiger partial charge in [0.25, 0.3) is 5.91 Å². The highest BCUT2D eigenvalue weighted by Crippen LogP contribution is 2.19. The molecule has 12 heteroatoms. The molecule has 3 atom stereocenters. The molecule has 9 N–H and O–H groups in total. The number of primary amides is 1. The van der Waals surface area contributed by atoms with Crippen LogP contribution in [0.4, 0.5) is 4.79 Å². The molecular weight excluding hydrogens is 464 g/mol. The van der Waals surface area contributed by atoms with Crippen LogP contribution in [-0.4, -0.2) is 51.8 Å². The molecule has 0 bridgehead atoms. The van der Waals surface area contributed by atoms with Gasteiger partial charge in [-0.25, -0.2) is 10.2 Å². The lowest BCUT2D eigenvalue weighted by atomic mass is 10.0. The van der Waals surface area contributed by atoms with Crippen LogP contribution in [0, 0.1) is 0 Å². The maximum atomic E-state index is 12.8. The third-order valence-electron chi connectivity index (χ3n) is 5.63. The molecular formula is C24H30N8O4. The second-order valence-corrected chi connectivity index (χ2v) is 8.24. The van der Waals surface area contributed by atoms with Crippen LogP contribution in [0.2, 0.25) is 0 Å². The van der Waals surface area contributed by atoms with Crippen molar-refractivity contribution in [2.45, 2.75) is 44.3 Å². The van der Waals surface area contributed by atoms with E-state index in [-0.39, 0.29) is 19.3 Å². The Morgan fingerprint density at radius 1 is 0.944 bits per heavy atom. The Bertz CT molecular complexity index is 1210. The number of carbonyl (C=O) groups excluding carboxylic acids is 4. The third-order valence-corrected chi connectivity index (χ3v) is 5.63. The summed E-state index contributed by atoms with van der Waals surface area (Å²) < 4.78 is 0. The van der Waals surface area contributed by atoms with Gasteiger partial charge >= 0.3 is 6.03 Å². The van der Waals surface area contributed by atoms with E-state index in [1.807, 2.05) is 24.3 Å². The molecule has 36 heavy (non-hydrogen) atoms. The highest BCUT2D eigenvalue weighted by atomic mass is 16.2. The van der Waals surface area contributed by atoms with Gasteiger partial charge in [-0.15, -0.1) is 0 Å². The number of carbonyl (C=O) groups is 4. The van der Waals surface area contributed by atoms with E-state index in [0.717, 1.165) is 22.0 Å². The predicted octanol–water partition coefficient (Wildman–Crippen LogP) is -0.245. The summed E-state index contributed by atoms with van der Waals surface area (Å²) in [5.74, 6) is -1.90. The summed E-state index contributed by atoms with van der Waals surface area (Å²) in [4.78, 5) is 56.3. The van der Waals surface area contributed by atoms with Crippen LogP contribution >= 0.6 is 0 Å². The van der Waals surface area contributed by atoms with Crippen molar-refractivity contribution in [3.05, 3.63) is 66.1 Å². The maximum absolute atomic E-state index is 12.8. The molecule has 1 aromatic carbocycles. The number of amides is 5. The highest BCUT2D eigenvalue weighted by molar-refractivity contribution is 5.92. The largest absolute Gasteiger partial charge is 0.368 e. The minimum absolute atomic E-state index is 0.180. The van der Waals surface area contributed by atoms with Crippen LogP contribution in [0.5, 0.6) is 0 Å². The lowest BCUT2D eigenvalue weighted by Gasteiger charge is -2.21. The van der Waals surface area contributed by atoms with Crippen molar-refractivity contribution in [2.24, 2.45) is 11.5 Å². The molecule has 0 unspecified atom stereocenters. The van der Waals surface area contributed by atoms with Crippen molar-refractivity contribution in [1.29, 1.82) is 0 Å². The summed E-state index contributed by atoms with van der Waals surface area (Å²) in [7, 11) is 0. The van der Waals surface area contributed by atoms with Crippen molar-refractivity contribution < 1.29 is 19.2 Å². The van der Waals surface area contributed by atoms with E-state index < -0.39 is 41.9 Å². The topological polar surface area (TPSA) is 197 Å². The molecule has 0 saturated heterocycles. The minimum atomic E-state index is -0.985. The van der Waals surface area contributed by atoms with Crippen LogP contribution in [0.15, 0.2) is 55.0 Å². The minimum Gasteiger partial charge on any atom is -0.368 e. The summed E-state index contributed by atoms with van der Waals surface area (Å²) in [5, 5.41) is 5.98. The Kier molecular flexibility index (Phi) is 8.95. The number of H-pyrrole nitrogens is 1. The summed E-state index contributed by atoms with van der Waals surface area (Å²) in [5.41, 5.74) is 18.3. The van der Waals surface area contributed by atoms with Gasteiger partial charge in [0, 0.05) is 35.9 Å². The molecule has 3 aromatic rings. The molecule has 0 spiro atoms. The first-order valence-corrected chi connectivity index (χ1v) is 11.4. The summed E-state index contributed by atoms with van der Waals surface area (Å²) in [6, 6.07) is 7.35. The first kappa shape index (κ1) is 26.2. The fourth-order valence-corrected chi connectivity index (χ4v) is 3.64. The van der Waals surface area contributed by atoms with Crippen molar-refractivity contribution in [1.82, 2.24) is 31.5 Å². The quantitative estimate of drug-likeness (QED) is 0.190. The number of fused-ring (bicyclic) bond motifs is 1. The molecule has 0 radical (unpaired) electrons. The van der Waals surface area contributed by atoms with E-state index in [1.165, 1.54) is 0 Å². The molecule has 0 aliphatic carbocycles. The van der Waals surface area contributed by atoms with Gasteiger partial charge in [0.15, 0.2) is 0 Å². The van der Waals surface area contributed by atoms with E-state index in [1.54, 1.807) is 37.6 Å². The number of urea groups is 1. The van der Waals surface area contributed by atoms with Gasteiger partial charge in [-0.2, -0.15) is 0 Å². The Labute approximate surface area is 207 Å². The zero-order chi connectivity index (χ0) is 26.1. The molecule has 2 aromatic heterocycles. The number of pyridine rings is 1. The van der Waals surface area contributed by atoms with Gasteiger partial charge in [0.2, 0.25) is 11.8 Å². The second kappa shape index (κ2) is 12.3. The summed E-state index contributed by atoms with van der Waals surface area (Å²) in [6.07, 6.45) is 5.60. The van der Waals surface area contributed by atoms with E-state index in [2.05, 4.69) is 31.5 Å². The lowest BCUT2D eigenvalue weighted by Crippen LogP contribution is -2.58. The molecule has 5 amide bonds. The first-order valence-electron chi connectivity index (χ1n) is 11.4. The Morgan fingerprint density at radius 3 is 2.36 bits per heavy atom. The Morgan fingerprint density at radius 2 is 1.67 bits per heavy atom. The number of benzene rings is 1. The van der Waals surface area contributed by atoms with E-state index in [4.69, 9.17) is 11.5 Å². The third kappa shape index (κ3) is 7.03. The standard InChI is InChI=1S/C24H30N8O4/c1-2-18(30-24(36)32-31-22(34)17(25)11-14-7-9-27-10-8-14)23(35)29-20(21(26)33)12-15-13-28-19-6-4-3-5-16(15)19/h3-10,13,17-18,20,28H,2,11-12,25H2,1H3,(H2,26,33)(H,29,35)(H,31,34)(H2,30,32,36)/t17-,18+,20+/m1/s1. The Balaban J connectivity index is 1.51. The molecule has 0 aliphatic rings. The number of hydrogen-bond acceptors (Lipinski definition) is 6. The molecule has 12 nitrogen and oxygen atoms in total. The number of nitrogens with zero attached hydrogens (tertiary/aromatic N) is 1. The summed E-state index contributed by atoms with van der Waals surface area (Å²) >= 11 is 0. The lowest BCUT2D eigenvalue weighted by molar-refractivity contribution is -0.128. The zero-order valence-electron chi connectivity index (χ0n) is 19.8. The number of nitrogens with two attached hydrogens (primary N) is 2. The molecule has 0 aliphatic heterocycles. The number of aromatic amines is 1. The van der Waals surface area contributed by atoms with Crippen LogP contribution in [0.3, 0.4) is 0 Å². The van der Waals surface area contributed by atoms with Crippen LogP contribution in [-0.2, 0) is 27.2 Å². The number of hydrogen-bond donors (Lipinski definition) is 7. The van der Waals surface area contributed by atoms with Gasteiger partial charge in [0.1, 0.15) is 12.1 Å². The number of aromatic nitrogens is 2. The molecule has 0 fully saturated rings. The van der Waals surface area contributed by atoms with Crippen LogP contribution in [0.1, 0.15) is 24.5 Å². The second-order valence-electron chi connectivity index (χ2n) is 8.24. The molecule has 3 rings (SSSR count). The van der Waals surface area contributed by atoms with Crippen molar-refractivity contribution in [3.63, 3.8) is 0 Å². The van der Waals surface area contributed by atoms with Crippen molar-refractivity contribution in [3.8, 4) is 0 Å². The molecule has 190 valence electrons. The maximum Gasteiger partial charge on any atom is 0.334 e. The fourth-order valence-electron chi connectivity index (χ4n) is 3.64. The van der Waals surface area contributed by atoms with Crippen LogP contribution < -0.4 is 33.0 Å².